The van der Waals surface area contributed by atoms with Crippen LogP contribution in [-0.4, -0.2) is 28.1 Å². The lowest BCUT2D eigenvalue weighted by Gasteiger charge is -2.06. The van der Waals surface area contributed by atoms with Gasteiger partial charge in [0, 0.05) is 6.07 Å². The van der Waals surface area contributed by atoms with E-state index in [4.69, 9.17) is 19.1 Å². The molecule has 0 radical (unpaired) electrons. The van der Waals surface area contributed by atoms with Crippen LogP contribution in [-0.2, 0) is 0 Å². The summed E-state index contributed by atoms with van der Waals surface area (Å²) in [6.07, 6.45) is 0. The predicted octanol–water partition coefficient (Wildman–Crippen LogP) is 2.24. The van der Waals surface area contributed by atoms with E-state index >= 15 is 0 Å². The lowest BCUT2D eigenvalue weighted by atomic mass is 10.1. The Hall–Kier alpha value is -2.22. The Labute approximate surface area is 114 Å². The zero-order valence-electron chi connectivity index (χ0n) is 9.21. The van der Waals surface area contributed by atoms with Crippen molar-refractivity contribution < 1.29 is 29.0 Å². The van der Waals surface area contributed by atoms with Crippen LogP contribution in [0.4, 0.5) is 0 Å². The molecule has 0 unspecified atom stereocenters. The maximum absolute atomic E-state index is 10.7. The van der Waals surface area contributed by atoms with Crippen LogP contribution in [0.25, 0.3) is 11.3 Å². The summed E-state index contributed by atoms with van der Waals surface area (Å²) >= 11 is 3.18. The van der Waals surface area contributed by atoms with E-state index in [1.165, 1.54) is 12.1 Å². The van der Waals surface area contributed by atoms with Gasteiger partial charge in [-0.3, -0.25) is 0 Å². The van der Waals surface area contributed by atoms with E-state index in [1.807, 2.05) is 0 Å². The summed E-state index contributed by atoms with van der Waals surface area (Å²) in [7, 11) is 0. The summed E-state index contributed by atoms with van der Waals surface area (Å²) < 4.78 is 15.6. The molecule has 8 heteroatoms. The molecule has 0 aliphatic carbocycles. The van der Waals surface area contributed by atoms with Crippen LogP contribution >= 0.6 is 15.9 Å². The van der Waals surface area contributed by atoms with Crippen molar-refractivity contribution in [1.82, 2.24) is 5.16 Å². The minimum atomic E-state index is -1.21. The number of fused-ring (bicyclic) bond motifs is 1. The number of nitrogens with zero attached hydrogens (tertiary/aromatic N) is 1. The van der Waals surface area contributed by atoms with Gasteiger partial charge in [0.15, 0.2) is 23.0 Å². The van der Waals surface area contributed by atoms with Gasteiger partial charge in [0.05, 0.1) is 5.56 Å². The molecule has 0 amide bonds. The quantitative estimate of drug-likeness (QED) is 0.871. The lowest BCUT2D eigenvalue weighted by molar-refractivity contribution is 0.0686. The Morgan fingerprint density at radius 2 is 2.16 bits per heavy atom. The largest absolute Gasteiger partial charge is 0.506 e. The van der Waals surface area contributed by atoms with Crippen molar-refractivity contribution in [3.05, 3.63) is 22.3 Å². The number of aromatic nitrogens is 1. The van der Waals surface area contributed by atoms with E-state index in [2.05, 4.69) is 21.1 Å². The number of carbonyl (C=O) groups is 1. The van der Waals surface area contributed by atoms with E-state index in [1.54, 1.807) is 0 Å². The van der Waals surface area contributed by atoms with Crippen LogP contribution in [0.1, 0.15) is 10.5 Å². The summed E-state index contributed by atoms with van der Waals surface area (Å²) in [5, 5.41) is 22.2. The van der Waals surface area contributed by atoms with Crippen LogP contribution in [0.2, 0.25) is 0 Å². The molecule has 0 saturated heterocycles. The highest BCUT2D eigenvalue weighted by Crippen LogP contribution is 2.49. The van der Waals surface area contributed by atoms with Crippen molar-refractivity contribution >= 4 is 21.9 Å². The molecule has 1 aliphatic heterocycles. The molecule has 19 heavy (non-hydrogen) atoms. The molecule has 0 bridgehead atoms. The second-order valence-electron chi connectivity index (χ2n) is 3.70. The van der Waals surface area contributed by atoms with E-state index in [9.17, 15) is 9.90 Å². The second kappa shape index (κ2) is 4.16. The van der Waals surface area contributed by atoms with E-state index in [-0.39, 0.29) is 29.6 Å². The summed E-state index contributed by atoms with van der Waals surface area (Å²) in [5.74, 6) is -0.423. The molecule has 98 valence electrons. The van der Waals surface area contributed by atoms with Crippen LogP contribution in [0.3, 0.4) is 0 Å². The third-order valence-electron chi connectivity index (χ3n) is 2.57. The van der Waals surface area contributed by atoms with Gasteiger partial charge in [0.25, 0.3) is 0 Å². The summed E-state index contributed by atoms with van der Waals surface area (Å²) in [6, 6.07) is 2.71. The highest BCUT2D eigenvalue weighted by Gasteiger charge is 2.25. The first-order valence-corrected chi connectivity index (χ1v) is 5.88. The monoisotopic (exact) mass is 327 g/mol. The van der Waals surface area contributed by atoms with E-state index < -0.39 is 5.97 Å². The SMILES string of the molecule is O=C(O)c1cc(-c2cc3c(c(Br)c2O)OCO3)on1. The maximum atomic E-state index is 10.7. The number of carboxylic acids is 1. The summed E-state index contributed by atoms with van der Waals surface area (Å²) in [4.78, 5) is 10.7. The molecule has 0 saturated carbocycles. The van der Waals surface area contributed by atoms with Gasteiger partial charge in [0.1, 0.15) is 10.2 Å². The number of rotatable bonds is 2. The molecular formula is C11H6BrNO6. The van der Waals surface area contributed by atoms with Crippen molar-refractivity contribution in [1.29, 1.82) is 0 Å². The van der Waals surface area contributed by atoms with Crippen LogP contribution < -0.4 is 9.47 Å². The minimum absolute atomic E-state index is 0.0492. The van der Waals surface area contributed by atoms with Crippen molar-refractivity contribution in [2.24, 2.45) is 0 Å². The zero-order chi connectivity index (χ0) is 13.6. The summed E-state index contributed by atoms with van der Waals surface area (Å²) in [6.45, 7) is 0.0492. The molecular weight excluding hydrogens is 322 g/mol. The minimum Gasteiger partial charge on any atom is -0.506 e. The smallest absolute Gasteiger partial charge is 0.358 e. The number of ether oxygens (including phenoxy) is 2. The molecule has 2 heterocycles. The molecule has 1 aromatic carbocycles. The zero-order valence-corrected chi connectivity index (χ0v) is 10.8. The van der Waals surface area contributed by atoms with Gasteiger partial charge in [-0.05, 0) is 22.0 Å². The lowest BCUT2D eigenvalue weighted by Crippen LogP contribution is -1.94. The van der Waals surface area contributed by atoms with Gasteiger partial charge in [-0.25, -0.2) is 4.79 Å². The molecule has 1 aliphatic rings. The number of carboxylic acid groups (broad SMARTS) is 1. The van der Waals surface area contributed by atoms with E-state index in [0.29, 0.717) is 16.0 Å². The third kappa shape index (κ3) is 1.80. The van der Waals surface area contributed by atoms with Gasteiger partial charge in [0.2, 0.25) is 6.79 Å². The first kappa shape index (κ1) is 11.8. The first-order valence-electron chi connectivity index (χ1n) is 5.09. The fourth-order valence-corrected chi connectivity index (χ4v) is 2.21. The number of phenols is 1. The predicted molar refractivity (Wildman–Crippen MR) is 64.4 cm³/mol. The third-order valence-corrected chi connectivity index (χ3v) is 3.31. The van der Waals surface area contributed by atoms with Gasteiger partial charge >= 0.3 is 5.97 Å². The molecule has 0 spiro atoms. The normalized spacial score (nSPS) is 12.7. The molecule has 2 aromatic rings. The fraction of sp³-hybridized carbons (Fsp3) is 0.0909. The van der Waals surface area contributed by atoms with Crippen molar-refractivity contribution in [3.8, 4) is 28.6 Å². The Balaban J connectivity index is 2.14. The van der Waals surface area contributed by atoms with E-state index in [0.717, 1.165) is 0 Å². The molecule has 3 rings (SSSR count). The van der Waals surface area contributed by atoms with Crippen LogP contribution in [0, 0.1) is 0 Å². The number of halogens is 1. The summed E-state index contributed by atoms with van der Waals surface area (Å²) in [5.41, 5.74) is 0.0133. The van der Waals surface area contributed by atoms with Crippen molar-refractivity contribution in [2.45, 2.75) is 0 Å². The number of hydrogen-bond donors (Lipinski definition) is 2. The topological polar surface area (TPSA) is 102 Å². The van der Waals surface area contributed by atoms with Crippen molar-refractivity contribution in [2.75, 3.05) is 6.79 Å². The standard InChI is InChI=1S/C11H6BrNO6/c12-8-9(14)4(1-7-10(8)18-3-17-7)6-2-5(11(15)16)13-19-6/h1-2,14H,3H2,(H,15,16). The number of hydrogen-bond acceptors (Lipinski definition) is 6. The van der Waals surface area contributed by atoms with Crippen LogP contribution in [0.5, 0.6) is 17.2 Å². The van der Waals surface area contributed by atoms with Gasteiger partial charge in [-0.2, -0.15) is 0 Å². The number of aromatic hydroxyl groups is 1. The second-order valence-corrected chi connectivity index (χ2v) is 4.50. The Bertz CT molecular complexity index is 680. The Morgan fingerprint density at radius 1 is 1.37 bits per heavy atom. The molecule has 1 aromatic heterocycles. The maximum Gasteiger partial charge on any atom is 0.358 e. The van der Waals surface area contributed by atoms with Gasteiger partial charge in [-0.1, -0.05) is 5.16 Å². The highest BCUT2D eigenvalue weighted by molar-refractivity contribution is 9.10. The van der Waals surface area contributed by atoms with Gasteiger partial charge < -0.3 is 24.2 Å². The molecule has 0 fully saturated rings. The van der Waals surface area contributed by atoms with Crippen LogP contribution in [0.15, 0.2) is 21.1 Å². The molecule has 0 atom stereocenters. The molecule has 7 nitrogen and oxygen atoms in total. The first-order chi connectivity index (χ1) is 9.08. The number of aromatic carboxylic acids is 1. The molecule has 2 N–H and O–H groups in total. The average Bonchev–Trinajstić information content (AvgIpc) is 3.01. The fourth-order valence-electron chi connectivity index (χ4n) is 1.68. The Morgan fingerprint density at radius 3 is 2.84 bits per heavy atom. The Kier molecular flexibility index (Phi) is 2.59. The van der Waals surface area contributed by atoms with Gasteiger partial charge in [-0.15, -0.1) is 0 Å². The number of benzene rings is 1. The average molecular weight is 328 g/mol. The van der Waals surface area contributed by atoms with Crippen molar-refractivity contribution in [3.63, 3.8) is 0 Å². The number of phenolic OH excluding ortho intramolecular Hbond substituents is 1. The highest BCUT2D eigenvalue weighted by atomic mass is 79.9.